The third kappa shape index (κ3) is 3.94. The molecule has 1 unspecified atom stereocenters. The SMILES string of the molecule is CN1CCN(C)C(CNc2cnn(CCO)c(=O)c2Cl)C1. The van der Waals surface area contributed by atoms with Gasteiger partial charge in [0.1, 0.15) is 5.02 Å². The highest BCUT2D eigenvalue weighted by Crippen LogP contribution is 2.16. The zero-order chi connectivity index (χ0) is 15.4. The summed E-state index contributed by atoms with van der Waals surface area (Å²) in [5.74, 6) is 0. The lowest BCUT2D eigenvalue weighted by Crippen LogP contribution is -2.52. The number of hydrogen-bond donors (Lipinski definition) is 2. The molecule has 0 amide bonds. The van der Waals surface area contributed by atoms with Gasteiger partial charge in [-0.05, 0) is 14.1 Å². The fourth-order valence-electron chi connectivity index (χ4n) is 2.39. The molecule has 0 aliphatic carbocycles. The molecule has 0 spiro atoms. The van der Waals surface area contributed by atoms with E-state index in [1.807, 2.05) is 0 Å². The number of likely N-dealkylation sites (N-methyl/N-ethyl adjacent to an activating group) is 2. The normalized spacial score (nSPS) is 20.7. The molecule has 7 nitrogen and oxygen atoms in total. The van der Waals surface area contributed by atoms with Crippen LogP contribution in [0.25, 0.3) is 0 Å². The average Bonchev–Trinajstić information content (AvgIpc) is 2.46. The standard InChI is InChI=1S/C13H22ClN5O2/c1-17-3-4-18(2)10(9-17)7-15-11-8-16-19(5-6-20)13(21)12(11)14/h8,10,15,20H,3-7,9H2,1-2H3. The van der Waals surface area contributed by atoms with Gasteiger partial charge in [0.15, 0.2) is 0 Å². The van der Waals surface area contributed by atoms with E-state index in [4.69, 9.17) is 16.7 Å². The summed E-state index contributed by atoms with van der Waals surface area (Å²) in [6, 6.07) is 0.361. The van der Waals surface area contributed by atoms with Crippen molar-refractivity contribution in [2.45, 2.75) is 12.6 Å². The summed E-state index contributed by atoms with van der Waals surface area (Å²) < 4.78 is 1.16. The molecule has 1 aliphatic heterocycles. The minimum Gasteiger partial charge on any atom is -0.394 e. The predicted molar refractivity (Wildman–Crippen MR) is 83.0 cm³/mol. The van der Waals surface area contributed by atoms with Gasteiger partial charge in [-0.3, -0.25) is 9.69 Å². The first kappa shape index (κ1) is 16.2. The van der Waals surface area contributed by atoms with Crippen LogP contribution in [0.3, 0.4) is 0 Å². The molecule has 8 heteroatoms. The van der Waals surface area contributed by atoms with Crippen molar-refractivity contribution in [3.8, 4) is 0 Å². The maximum atomic E-state index is 11.9. The Hall–Kier alpha value is -1.15. The summed E-state index contributed by atoms with van der Waals surface area (Å²) in [7, 11) is 4.20. The molecule has 118 valence electrons. The number of aliphatic hydroxyl groups excluding tert-OH is 1. The summed E-state index contributed by atoms with van der Waals surface area (Å²) in [5.41, 5.74) is 0.155. The number of piperazine rings is 1. The maximum absolute atomic E-state index is 11.9. The van der Waals surface area contributed by atoms with Crippen LogP contribution in [0.15, 0.2) is 11.0 Å². The van der Waals surface area contributed by atoms with Crippen molar-refractivity contribution >= 4 is 17.3 Å². The molecule has 21 heavy (non-hydrogen) atoms. The van der Waals surface area contributed by atoms with E-state index in [0.717, 1.165) is 24.3 Å². The van der Waals surface area contributed by atoms with Crippen LogP contribution in [-0.4, -0.2) is 77.6 Å². The van der Waals surface area contributed by atoms with Gasteiger partial charge in [-0.25, -0.2) is 4.68 Å². The molecule has 1 aromatic heterocycles. The highest BCUT2D eigenvalue weighted by atomic mass is 35.5. The van der Waals surface area contributed by atoms with Gasteiger partial charge in [0.05, 0.1) is 25.0 Å². The molecule has 2 rings (SSSR count). The average molecular weight is 316 g/mol. The van der Waals surface area contributed by atoms with Crippen LogP contribution >= 0.6 is 11.6 Å². The highest BCUT2D eigenvalue weighted by molar-refractivity contribution is 6.32. The second-order valence-corrected chi connectivity index (χ2v) is 5.78. The van der Waals surface area contributed by atoms with Crippen molar-refractivity contribution in [3.05, 3.63) is 21.6 Å². The number of halogens is 1. The van der Waals surface area contributed by atoms with E-state index in [1.165, 1.54) is 6.20 Å². The molecule has 0 bridgehead atoms. The Morgan fingerprint density at radius 2 is 2.24 bits per heavy atom. The zero-order valence-electron chi connectivity index (χ0n) is 12.4. The van der Waals surface area contributed by atoms with Crippen LogP contribution in [0.1, 0.15) is 0 Å². The monoisotopic (exact) mass is 315 g/mol. The summed E-state index contributed by atoms with van der Waals surface area (Å²) >= 11 is 6.08. The van der Waals surface area contributed by atoms with Gasteiger partial charge in [-0.2, -0.15) is 5.10 Å². The van der Waals surface area contributed by atoms with E-state index >= 15 is 0 Å². The molecule has 0 aromatic carbocycles. The van der Waals surface area contributed by atoms with E-state index in [0.29, 0.717) is 18.3 Å². The number of nitrogens with zero attached hydrogens (tertiary/aromatic N) is 4. The molecule has 1 aliphatic rings. The predicted octanol–water partition coefficient (Wildman–Crippen LogP) is -0.453. The van der Waals surface area contributed by atoms with Gasteiger partial charge in [0.2, 0.25) is 0 Å². The largest absolute Gasteiger partial charge is 0.394 e. The summed E-state index contributed by atoms with van der Waals surface area (Å²) in [5, 5.41) is 16.2. The fourth-order valence-corrected chi connectivity index (χ4v) is 2.61. The van der Waals surface area contributed by atoms with E-state index in [-0.39, 0.29) is 23.7 Å². The van der Waals surface area contributed by atoms with Crippen LogP contribution in [0.4, 0.5) is 5.69 Å². The lowest BCUT2D eigenvalue weighted by molar-refractivity contribution is 0.122. The minimum absolute atomic E-state index is 0.116. The molecule has 0 radical (unpaired) electrons. The zero-order valence-corrected chi connectivity index (χ0v) is 13.2. The van der Waals surface area contributed by atoms with Gasteiger partial charge in [-0.15, -0.1) is 0 Å². The number of rotatable bonds is 5. The summed E-state index contributed by atoms with van der Waals surface area (Å²) in [4.78, 5) is 16.5. The molecular weight excluding hydrogens is 294 g/mol. The Labute approximate surface area is 129 Å². The third-order valence-electron chi connectivity index (χ3n) is 3.81. The van der Waals surface area contributed by atoms with Crippen molar-refractivity contribution in [1.29, 1.82) is 0 Å². The molecular formula is C13H22ClN5O2. The van der Waals surface area contributed by atoms with E-state index < -0.39 is 0 Å². The number of aliphatic hydroxyl groups is 1. The third-order valence-corrected chi connectivity index (χ3v) is 4.17. The van der Waals surface area contributed by atoms with Crippen LogP contribution in [-0.2, 0) is 6.54 Å². The van der Waals surface area contributed by atoms with Crippen molar-refractivity contribution in [2.24, 2.45) is 0 Å². The second-order valence-electron chi connectivity index (χ2n) is 5.40. The lowest BCUT2D eigenvalue weighted by Gasteiger charge is -2.37. The van der Waals surface area contributed by atoms with Gasteiger partial charge in [0, 0.05) is 32.2 Å². The molecule has 2 heterocycles. The Morgan fingerprint density at radius 3 is 2.95 bits per heavy atom. The lowest BCUT2D eigenvalue weighted by atomic mass is 10.2. The van der Waals surface area contributed by atoms with Crippen LogP contribution in [0, 0.1) is 0 Å². The first-order chi connectivity index (χ1) is 10.0. The van der Waals surface area contributed by atoms with Crippen molar-refractivity contribution in [1.82, 2.24) is 19.6 Å². The maximum Gasteiger partial charge on any atom is 0.287 e. The van der Waals surface area contributed by atoms with E-state index in [2.05, 4.69) is 34.3 Å². The van der Waals surface area contributed by atoms with Gasteiger partial charge >= 0.3 is 0 Å². The highest BCUT2D eigenvalue weighted by Gasteiger charge is 2.22. The first-order valence-electron chi connectivity index (χ1n) is 7.02. The topological polar surface area (TPSA) is 73.6 Å². The van der Waals surface area contributed by atoms with Crippen molar-refractivity contribution in [2.75, 3.05) is 52.2 Å². The van der Waals surface area contributed by atoms with E-state index in [9.17, 15) is 4.79 Å². The first-order valence-corrected chi connectivity index (χ1v) is 7.40. The molecule has 2 N–H and O–H groups in total. The molecule has 0 saturated carbocycles. The molecule has 1 aromatic rings. The quantitative estimate of drug-likeness (QED) is 0.766. The smallest absolute Gasteiger partial charge is 0.287 e. The van der Waals surface area contributed by atoms with E-state index in [1.54, 1.807) is 0 Å². The van der Waals surface area contributed by atoms with Crippen LogP contribution < -0.4 is 10.9 Å². The van der Waals surface area contributed by atoms with Crippen LogP contribution in [0.2, 0.25) is 5.02 Å². The van der Waals surface area contributed by atoms with Gasteiger partial charge < -0.3 is 15.3 Å². The number of hydrogen-bond acceptors (Lipinski definition) is 6. The molecule has 1 atom stereocenters. The number of nitrogens with one attached hydrogen (secondary N) is 1. The summed E-state index contributed by atoms with van der Waals surface area (Å²) in [6.07, 6.45) is 1.53. The van der Waals surface area contributed by atoms with Crippen LogP contribution in [0.5, 0.6) is 0 Å². The fraction of sp³-hybridized carbons (Fsp3) is 0.692. The van der Waals surface area contributed by atoms with Gasteiger partial charge in [0.25, 0.3) is 5.56 Å². The Kier molecular flexibility index (Phi) is 5.58. The van der Waals surface area contributed by atoms with Gasteiger partial charge in [-0.1, -0.05) is 11.6 Å². The Morgan fingerprint density at radius 1 is 1.48 bits per heavy atom. The summed E-state index contributed by atoms with van der Waals surface area (Å²) in [6.45, 7) is 3.76. The number of anilines is 1. The van der Waals surface area contributed by atoms with Crippen molar-refractivity contribution in [3.63, 3.8) is 0 Å². The second kappa shape index (κ2) is 7.22. The molecule has 1 fully saturated rings. The minimum atomic E-state index is -0.384. The van der Waals surface area contributed by atoms with Crippen molar-refractivity contribution < 1.29 is 5.11 Å². The Bertz CT molecular complexity index is 536. The number of aromatic nitrogens is 2. The Balaban J connectivity index is 2.03. The molecule has 1 saturated heterocycles.